The first-order chi connectivity index (χ1) is 14.8. The van der Waals surface area contributed by atoms with Crippen LogP contribution in [0.4, 0.5) is 5.69 Å². The predicted molar refractivity (Wildman–Crippen MR) is 121 cm³/mol. The normalized spacial score (nSPS) is 15.6. The minimum Gasteiger partial charge on any atom is -0.497 e. The molecule has 0 saturated heterocycles. The molecule has 1 N–H and O–H groups in total. The van der Waals surface area contributed by atoms with Crippen LogP contribution in [0.3, 0.4) is 0 Å². The Balaban J connectivity index is 1.59. The number of sulfonamides is 1. The zero-order valence-corrected chi connectivity index (χ0v) is 19.1. The molecule has 2 aromatic rings. The van der Waals surface area contributed by atoms with Crippen molar-refractivity contribution in [3.63, 3.8) is 0 Å². The molecule has 3 rings (SSSR count). The number of nitrogens with zero attached hydrogens (tertiary/aromatic N) is 1. The van der Waals surface area contributed by atoms with Crippen LogP contribution in [0, 0.1) is 0 Å². The topological polar surface area (TPSA) is 84.9 Å². The second kappa shape index (κ2) is 10.0. The van der Waals surface area contributed by atoms with Crippen LogP contribution in [-0.4, -0.2) is 41.3 Å². The summed E-state index contributed by atoms with van der Waals surface area (Å²) < 4.78 is 36.3. The number of hydrogen-bond donors (Lipinski definition) is 1. The van der Waals surface area contributed by atoms with Gasteiger partial charge in [-0.25, -0.2) is 8.42 Å². The van der Waals surface area contributed by atoms with Gasteiger partial charge in [-0.3, -0.25) is 9.10 Å². The molecule has 31 heavy (non-hydrogen) atoms. The van der Waals surface area contributed by atoms with E-state index in [2.05, 4.69) is 5.32 Å². The molecule has 1 aliphatic carbocycles. The molecule has 0 spiro atoms. The number of methoxy groups -OCH3 is 2. The molecule has 0 aliphatic heterocycles. The van der Waals surface area contributed by atoms with Crippen LogP contribution in [-0.2, 0) is 21.2 Å². The van der Waals surface area contributed by atoms with Crippen molar-refractivity contribution in [2.75, 3.05) is 31.3 Å². The highest BCUT2D eigenvalue weighted by molar-refractivity contribution is 7.92. The lowest BCUT2D eigenvalue weighted by Gasteiger charge is -2.27. The summed E-state index contributed by atoms with van der Waals surface area (Å²) in [6.45, 7) is 0.233. The van der Waals surface area contributed by atoms with Crippen LogP contribution < -0.4 is 19.1 Å². The molecule has 1 atom stereocenters. The van der Waals surface area contributed by atoms with Gasteiger partial charge in [0.25, 0.3) is 0 Å². The highest BCUT2D eigenvalue weighted by Gasteiger charge is 2.23. The van der Waals surface area contributed by atoms with Crippen LogP contribution in [0.2, 0.25) is 0 Å². The molecule has 0 saturated carbocycles. The Morgan fingerprint density at radius 1 is 1.10 bits per heavy atom. The molecule has 0 unspecified atom stereocenters. The summed E-state index contributed by atoms with van der Waals surface area (Å²) >= 11 is 0. The van der Waals surface area contributed by atoms with Gasteiger partial charge in [0.05, 0.1) is 32.2 Å². The number of nitrogens with one attached hydrogen (secondary N) is 1. The minimum atomic E-state index is -3.46. The fraction of sp³-hybridized carbons (Fsp3) is 0.435. The van der Waals surface area contributed by atoms with E-state index in [1.165, 1.54) is 16.1 Å². The number of carbonyl (C=O) groups excluding carboxylic acids is 1. The van der Waals surface area contributed by atoms with Gasteiger partial charge in [-0.1, -0.05) is 6.07 Å². The Kier molecular flexibility index (Phi) is 7.43. The van der Waals surface area contributed by atoms with Crippen LogP contribution in [0.15, 0.2) is 42.5 Å². The molecule has 0 radical (unpaired) electrons. The van der Waals surface area contributed by atoms with Gasteiger partial charge >= 0.3 is 0 Å². The van der Waals surface area contributed by atoms with Gasteiger partial charge < -0.3 is 14.8 Å². The molecule has 0 bridgehead atoms. The smallest absolute Gasteiger partial charge is 0.232 e. The van der Waals surface area contributed by atoms with E-state index in [1.807, 2.05) is 18.2 Å². The lowest BCUT2D eigenvalue weighted by molar-refractivity contribution is -0.122. The number of ether oxygens (including phenoxy) is 2. The summed E-state index contributed by atoms with van der Waals surface area (Å²) in [7, 11) is -0.253. The molecule has 8 heteroatoms. The lowest BCUT2D eigenvalue weighted by Crippen LogP contribution is -2.33. The van der Waals surface area contributed by atoms with Crippen molar-refractivity contribution in [1.82, 2.24) is 5.32 Å². The fourth-order valence-corrected chi connectivity index (χ4v) is 4.92. The fourth-order valence-electron chi connectivity index (χ4n) is 3.95. The van der Waals surface area contributed by atoms with Crippen molar-refractivity contribution >= 4 is 21.6 Å². The van der Waals surface area contributed by atoms with Gasteiger partial charge in [0.15, 0.2) is 0 Å². The van der Waals surface area contributed by atoms with Gasteiger partial charge in [-0.05, 0) is 73.2 Å². The number of aryl methyl sites for hydroxylation is 1. The Bertz CT molecular complexity index is 1010. The lowest BCUT2D eigenvalue weighted by atomic mass is 9.87. The molecule has 1 aliphatic rings. The van der Waals surface area contributed by atoms with Crippen LogP contribution in [0.5, 0.6) is 11.5 Å². The van der Waals surface area contributed by atoms with Crippen molar-refractivity contribution in [3.05, 3.63) is 53.6 Å². The Morgan fingerprint density at radius 2 is 1.77 bits per heavy atom. The maximum absolute atomic E-state index is 12.6. The molecule has 168 valence electrons. The van der Waals surface area contributed by atoms with Crippen LogP contribution in [0.1, 0.15) is 42.9 Å². The number of anilines is 1. The first-order valence-electron chi connectivity index (χ1n) is 10.4. The number of rotatable bonds is 9. The van der Waals surface area contributed by atoms with Gasteiger partial charge in [-0.2, -0.15) is 0 Å². The van der Waals surface area contributed by atoms with E-state index in [-0.39, 0.29) is 24.9 Å². The van der Waals surface area contributed by atoms with E-state index in [1.54, 1.807) is 38.5 Å². The second-order valence-electron chi connectivity index (χ2n) is 7.71. The Hall–Kier alpha value is -2.74. The zero-order valence-electron chi connectivity index (χ0n) is 18.3. The predicted octanol–water partition coefficient (Wildman–Crippen LogP) is 3.44. The zero-order chi connectivity index (χ0) is 22.4. The van der Waals surface area contributed by atoms with Gasteiger partial charge in [0.2, 0.25) is 15.9 Å². The van der Waals surface area contributed by atoms with Gasteiger partial charge in [0, 0.05) is 13.0 Å². The monoisotopic (exact) mass is 446 g/mol. The van der Waals surface area contributed by atoms with Crippen molar-refractivity contribution in [2.45, 2.75) is 38.1 Å². The second-order valence-corrected chi connectivity index (χ2v) is 9.62. The van der Waals surface area contributed by atoms with Gasteiger partial charge in [0.1, 0.15) is 11.5 Å². The van der Waals surface area contributed by atoms with Crippen molar-refractivity contribution in [2.24, 2.45) is 0 Å². The van der Waals surface area contributed by atoms with Crippen molar-refractivity contribution in [1.29, 1.82) is 0 Å². The van der Waals surface area contributed by atoms with E-state index >= 15 is 0 Å². The van der Waals surface area contributed by atoms with Crippen molar-refractivity contribution in [3.8, 4) is 11.5 Å². The summed E-state index contributed by atoms with van der Waals surface area (Å²) in [6.07, 6.45) is 4.72. The molecule has 0 fully saturated rings. The summed E-state index contributed by atoms with van der Waals surface area (Å²) in [5, 5.41) is 3.12. The maximum atomic E-state index is 12.6. The summed E-state index contributed by atoms with van der Waals surface area (Å²) in [4.78, 5) is 12.6. The highest BCUT2D eigenvalue weighted by atomic mass is 32.2. The molecule has 0 aromatic heterocycles. The van der Waals surface area contributed by atoms with Gasteiger partial charge in [-0.15, -0.1) is 0 Å². The average molecular weight is 447 g/mol. The van der Waals surface area contributed by atoms with Crippen LogP contribution >= 0.6 is 0 Å². The molecule has 0 heterocycles. The third-order valence-electron chi connectivity index (χ3n) is 5.53. The molecule has 1 amide bonds. The summed E-state index contributed by atoms with van der Waals surface area (Å²) in [6, 6.07) is 12.8. The van der Waals surface area contributed by atoms with E-state index in [0.29, 0.717) is 17.9 Å². The largest absolute Gasteiger partial charge is 0.497 e. The number of amides is 1. The van der Waals surface area contributed by atoms with E-state index in [0.717, 1.165) is 30.6 Å². The number of fused-ring (bicyclic) bond motifs is 1. The maximum Gasteiger partial charge on any atom is 0.232 e. The number of benzene rings is 2. The summed E-state index contributed by atoms with van der Waals surface area (Å²) in [5.41, 5.74) is 2.90. The molecular formula is C23H30N2O5S. The highest BCUT2D eigenvalue weighted by Crippen LogP contribution is 2.32. The first-order valence-corrected chi connectivity index (χ1v) is 12.2. The Labute approximate surface area is 184 Å². The minimum absolute atomic E-state index is 0.0187. The molecule has 7 nitrogen and oxygen atoms in total. The SMILES string of the molecule is COc1ccc(N(CCCC(=O)N[C@@H]2CCCc3cc(OC)ccc32)S(C)(=O)=O)cc1. The Morgan fingerprint density at radius 3 is 2.42 bits per heavy atom. The van der Waals surface area contributed by atoms with E-state index in [4.69, 9.17) is 9.47 Å². The molecular weight excluding hydrogens is 416 g/mol. The number of hydrogen-bond acceptors (Lipinski definition) is 5. The number of carbonyl (C=O) groups is 1. The summed E-state index contributed by atoms with van der Waals surface area (Å²) in [5.74, 6) is 1.41. The molecule has 2 aromatic carbocycles. The first kappa shape index (κ1) is 22.9. The quantitative estimate of drug-likeness (QED) is 0.638. The third kappa shape index (κ3) is 5.91. The van der Waals surface area contributed by atoms with Crippen LogP contribution in [0.25, 0.3) is 0 Å². The average Bonchev–Trinajstić information content (AvgIpc) is 2.76. The van der Waals surface area contributed by atoms with E-state index in [9.17, 15) is 13.2 Å². The third-order valence-corrected chi connectivity index (χ3v) is 6.72. The van der Waals surface area contributed by atoms with Crippen molar-refractivity contribution < 1.29 is 22.7 Å². The van der Waals surface area contributed by atoms with E-state index < -0.39 is 10.0 Å². The standard InChI is InChI=1S/C23H30N2O5S/c1-29-19-11-9-18(10-12-19)25(31(3,27)28)15-5-8-23(26)24-22-7-4-6-17-16-20(30-2)13-14-21(17)22/h9-14,16,22H,4-8,15H2,1-3H3,(H,24,26)/t22-/m1/s1.